The summed E-state index contributed by atoms with van der Waals surface area (Å²) in [5, 5.41) is 3.12. The van der Waals surface area contributed by atoms with Crippen LogP contribution in [0.4, 0.5) is 10.1 Å². The van der Waals surface area contributed by atoms with E-state index in [4.69, 9.17) is 18.0 Å². The van der Waals surface area contributed by atoms with Crippen molar-refractivity contribution in [3.05, 3.63) is 28.0 Å². The van der Waals surface area contributed by atoms with Crippen LogP contribution < -0.4 is 11.1 Å². The highest BCUT2D eigenvalue weighted by Gasteiger charge is 2.12. The van der Waals surface area contributed by atoms with Crippen molar-refractivity contribution >= 4 is 38.8 Å². The van der Waals surface area contributed by atoms with Gasteiger partial charge < -0.3 is 11.1 Å². The predicted molar refractivity (Wildman–Crippen MR) is 91.9 cm³/mol. The molecule has 1 aromatic rings. The number of nitrogens with one attached hydrogen (secondary N) is 1. The molecule has 0 aliphatic rings. The first-order valence-electron chi connectivity index (χ1n) is 7.09. The Bertz CT molecular complexity index is 452. The number of halogens is 2. The Kier molecular flexibility index (Phi) is 8.07. The number of hydrogen-bond donors (Lipinski definition) is 2. The van der Waals surface area contributed by atoms with Crippen LogP contribution in [-0.2, 0) is 0 Å². The molecule has 0 bridgehead atoms. The van der Waals surface area contributed by atoms with Crippen LogP contribution in [0.25, 0.3) is 0 Å². The quantitative estimate of drug-likeness (QED) is 0.480. The van der Waals surface area contributed by atoms with Crippen LogP contribution >= 0.6 is 28.1 Å². The topological polar surface area (TPSA) is 38.0 Å². The second-order valence-electron chi connectivity index (χ2n) is 4.85. The van der Waals surface area contributed by atoms with E-state index in [-0.39, 0.29) is 10.8 Å². The first-order valence-corrected chi connectivity index (χ1v) is 8.29. The molecule has 112 valence electrons. The summed E-state index contributed by atoms with van der Waals surface area (Å²) in [4.78, 5) is 0.193. The van der Waals surface area contributed by atoms with E-state index in [1.165, 1.54) is 32.1 Å². The van der Waals surface area contributed by atoms with E-state index in [1.807, 2.05) is 0 Å². The van der Waals surface area contributed by atoms with Crippen LogP contribution in [0.1, 0.15) is 51.0 Å². The summed E-state index contributed by atoms with van der Waals surface area (Å²) in [5.41, 5.74) is 6.55. The molecule has 0 saturated carbocycles. The van der Waals surface area contributed by atoms with E-state index in [0.717, 1.165) is 13.0 Å². The molecule has 20 heavy (non-hydrogen) atoms. The van der Waals surface area contributed by atoms with Crippen LogP contribution in [0.15, 0.2) is 16.6 Å². The molecule has 5 heteroatoms. The summed E-state index contributed by atoms with van der Waals surface area (Å²) in [6.07, 6.45) is 7.34. The van der Waals surface area contributed by atoms with Gasteiger partial charge in [0.25, 0.3) is 0 Å². The molecule has 0 heterocycles. The van der Waals surface area contributed by atoms with Gasteiger partial charge in [0.05, 0.1) is 10.2 Å². The summed E-state index contributed by atoms with van der Waals surface area (Å²) >= 11 is 8.07. The number of rotatable bonds is 9. The van der Waals surface area contributed by atoms with Gasteiger partial charge in [0.1, 0.15) is 4.99 Å². The fraction of sp³-hybridized carbons (Fsp3) is 0.533. The van der Waals surface area contributed by atoms with Gasteiger partial charge in [0, 0.05) is 12.1 Å². The monoisotopic (exact) mass is 360 g/mol. The Morgan fingerprint density at radius 3 is 2.55 bits per heavy atom. The first kappa shape index (κ1) is 17.4. The number of hydrogen-bond acceptors (Lipinski definition) is 2. The number of anilines is 1. The summed E-state index contributed by atoms with van der Waals surface area (Å²) in [5.74, 6) is -0.332. The Morgan fingerprint density at radius 2 is 1.90 bits per heavy atom. The molecule has 0 atom stereocenters. The summed E-state index contributed by atoms with van der Waals surface area (Å²) < 4.78 is 14.4. The van der Waals surface area contributed by atoms with Crippen molar-refractivity contribution in [1.82, 2.24) is 0 Å². The Hall–Kier alpha value is -0.680. The lowest BCUT2D eigenvalue weighted by Gasteiger charge is -2.11. The number of unbranched alkanes of at least 4 members (excludes halogenated alkanes) is 5. The third-order valence-electron chi connectivity index (χ3n) is 3.19. The van der Waals surface area contributed by atoms with E-state index in [9.17, 15) is 4.39 Å². The maximum atomic E-state index is 14.1. The van der Waals surface area contributed by atoms with E-state index >= 15 is 0 Å². The van der Waals surface area contributed by atoms with E-state index in [1.54, 1.807) is 12.1 Å². The highest BCUT2D eigenvalue weighted by molar-refractivity contribution is 9.10. The molecule has 0 amide bonds. The van der Waals surface area contributed by atoms with Gasteiger partial charge in [-0.1, -0.05) is 51.2 Å². The maximum Gasteiger partial charge on any atom is 0.161 e. The zero-order chi connectivity index (χ0) is 15.0. The maximum absolute atomic E-state index is 14.1. The smallest absolute Gasteiger partial charge is 0.161 e. The second kappa shape index (κ2) is 9.29. The molecule has 1 rings (SSSR count). The summed E-state index contributed by atoms with van der Waals surface area (Å²) in [7, 11) is 0. The third-order valence-corrected chi connectivity index (χ3v) is 4.19. The molecule has 0 aliphatic carbocycles. The van der Waals surface area contributed by atoms with Crippen molar-refractivity contribution < 1.29 is 4.39 Å². The minimum atomic E-state index is -0.332. The van der Waals surface area contributed by atoms with Crippen molar-refractivity contribution in [2.45, 2.75) is 45.4 Å². The fourth-order valence-corrected chi connectivity index (χ4v) is 2.87. The zero-order valence-electron chi connectivity index (χ0n) is 11.8. The fourth-order valence-electron chi connectivity index (χ4n) is 2.00. The molecule has 0 aromatic heterocycles. The molecule has 0 saturated heterocycles. The van der Waals surface area contributed by atoms with E-state index in [0.29, 0.717) is 15.7 Å². The van der Waals surface area contributed by atoms with Gasteiger partial charge in [0.2, 0.25) is 0 Å². The van der Waals surface area contributed by atoms with Crippen molar-refractivity contribution in [2.24, 2.45) is 5.73 Å². The minimum Gasteiger partial charge on any atom is -0.389 e. The lowest BCUT2D eigenvalue weighted by molar-refractivity contribution is 0.609. The molecule has 2 nitrogen and oxygen atoms in total. The van der Waals surface area contributed by atoms with Gasteiger partial charge in [-0.3, -0.25) is 0 Å². The van der Waals surface area contributed by atoms with Gasteiger partial charge in [-0.25, -0.2) is 4.39 Å². The molecule has 3 N–H and O–H groups in total. The van der Waals surface area contributed by atoms with Crippen molar-refractivity contribution in [3.63, 3.8) is 0 Å². The van der Waals surface area contributed by atoms with Gasteiger partial charge in [0.15, 0.2) is 5.82 Å². The molecule has 0 spiro atoms. The highest BCUT2D eigenvalue weighted by Crippen LogP contribution is 2.27. The first-order chi connectivity index (χ1) is 9.57. The molecular formula is C15H22BrFN2S. The lowest BCUT2D eigenvalue weighted by Crippen LogP contribution is -2.12. The molecule has 0 aliphatic heterocycles. The van der Waals surface area contributed by atoms with Crippen molar-refractivity contribution in [3.8, 4) is 0 Å². The average Bonchev–Trinajstić information content (AvgIpc) is 2.42. The summed E-state index contributed by atoms with van der Waals surface area (Å²) in [6.45, 7) is 2.99. The van der Waals surface area contributed by atoms with Crippen molar-refractivity contribution in [2.75, 3.05) is 11.9 Å². The van der Waals surface area contributed by atoms with Crippen LogP contribution in [-0.4, -0.2) is 11.5 Å². The molecular weight excluding hydrogens is 339 g/mol. The Morgan fingerprint density at radius 1 is 1.25 bits per heavy atom. The van der Waals surface area contributed by atoms with Crippen molar-refractivity contribution in [1.29, 1.82) is 0 Å². The van der Waals surface area contributed by atoms with Crippen LogP contribution in [0.5, 0.6) is 0 Å². The zero-order valence-corrected chi connectivity index (χ0v) is 14.2. The molecule has 1 aromatic carbocycles. The standard InChI is InChI=1S/C15H22BrFN2S/c1-2-3-4-5-6-7-10-19-12-9-8-11(15(18)20)13(16)14(12)17/h8-9,19H,2-7,10H2,1H3,(H2,18,20). The molecule has 0 radical (unpaired) electrons. The van der Waals surface area contributed by atoms with Gasteiger partial charge in [-0.2, -0.15) is 0 Å². The van der Waals surface area contributed by atoms with E-state index in [2.05, 4.69) is 28.2 Å². The SMILES string of the molecule is CCCCCCCCNc1ccc(C(N)=S)c(Br)c1F. The number of nitrogens with two attached hydrogens (primary N) is 1. The van der Waals surface area contributed by atoms with Gasteiger partial charge in [-0.05, 0) is 34.5 Å². The number of benzene rings is 1. The van der Waals surface area contributed by atoms with Crippen LogP contribution in [0.2, 0.25) is 0 Å². The molecule has 0 unspecified atom stereocenters. The molecule has 0 fully saturated rings. The largest absolute Gasteiger partial charge is 0.389 e. The second-order valence-corrected chi connectivity index (χ2v) is 6.08. The highest BCUT2D eigenvalue weighted by atomic mass is 79.9. The summed E-state index contributed by atoms with van der Waals surface area (Å²) in [6, 6.07) is 3.42. The van der Waals surface area contributed by atoms with Gasteiger partial charge >= 0.3 is 0 Å². The van der Waals surface area contributed by atoms with E-state index < -0.39 is 0 Å². The van der Waals surface area contributed by atoms with Gasteiger partial charge in [-0.15, -0.1) is 0 Å². The lowest BCUT2D eigenvalue weighted by atomic mass is 10.1. The minimum absolute atomic E-state index is 0.193. The van der Waals surface area contributed by atoms with Crippen LogP contribution in [0, 0.1) is 5.82 Å². The Labute approximate surface area is 134 Å². The Balaban J connectivity index is 2.41. The predicted octanol–water partition coefficient (Wildman–Crippen LogP) is 4.99. The normalized spacial score (nSPS) is 10.6. The van der Waals surface area contributed by atoms with Crippen LogP contribution in [0.3, 0.4) is 0 Å². The average molecular weight is 361 g/mol. The number of thiocarbonyl (C=S) groups is 1. The third kappa shape index (κ3) is 5.37.